The molecule has 1 N–H and O–H groups in total. The fourth-order valence-corrected chi connectivity index (χ4v) is 3.18. The third-order valence-electron chi connectivity index (χ3n) is 4.50. The molecule has 3 rings (SSSR count). The summed E-state index contributed by atoms with van der Waals surface area (Å²) in [7, 11) is 1.84. The topological polar surface area (TPSA) is 53.4 Å². The van der Waals surface area contributed by atoms with Crippen LogP contribution in [0.3, 0.4) is 0 Å². The molecule has 128 valence electrons. The number of rotatable bonds is 4. The zero-order valence-electron chi connectivity index (χ0n) is 14.4. The van der Waals surface area contributed by atoms with E-state index in [1.165, 1.54) is 5.56 Å². The highest BCUT2D eigenvalue weighted by Crippen LogP contribution is 2.17. The normalized spacial score (nSPS) is 18.6. The van der Waals surface area contributed by atoms with E-state index in [4.69, 9.17) is 0 Å². The first-order valence-electron chi connectivity index (χ1n) is 8.49. The third-order valence-corrected chi connectivity index (χ3v) is 4.50. The van der Waals surface area contributed by atoms with Crippen LogP contribution in [0, 0.1) is 0 Å². The SMILES string of the molecule is CC[C@@H]1CN(Cc2ccccc2)CCN1C(=O)Nc1ccn(C)n1. The number of nitrogens with one attached hydrogen (secondary N) is 1. The lowest BCUT2D eigenvalue weighted by atomic mass is 10.1. The van der Waals surface area contributed by atoms with Gasteiger partial charge in [-0.1, -0.05) is 37.3 Å². The molecule has 2 aromatic rings. The molecule has 24 heavy (non-hydrogen) atoms. The van der Waals surface area contributed by atoms with Gasteiger partial charge in [0.1, 0.15) is 0 Å². The second-order valence-corrected chi connectivity index (χ2v) is 6.28. The van der Waals surface area contributed by atoms with E-state index >= 15 is 0 Å². The molecular weight excluding hydrogens is 302 g/mol. The average molecular weight is 327 g/mol. The van der Waals surface area contributed by atoms with Crippen molar-refractivity contribution in [2.45, 2.75) is 25.9 Å². The van der Waals surface area contributed by atoms with Gasteiger partial charge in [-0.05, 0) is 12.0 Å². The summed E-state index contributed by atoms with van der Waals surface area (Å²) < 4.78 is 1.69. The van der Waals surface area contributed by atoms with Crippen LogP contribution in [-0.4, -0.2) is 51.3 Å². The van der Waals surface area contributed by atoms with Gasteiger partial charge in [-0.2, -0.15) is 5.10 Å². The van der Waals surface area contributed by atoms with E-state index in [9.17, 15) is 4.79 Å². The third kappa shape index (κ3) is 3.94. The van der Waals surface area contributed by atoms with E-state index in [0.29, 0.717) is 5.82 Å². The highest BCUT2D eigenvalue weighted by molar-refractivity contribution is 5.88. The minimum absolute atomic E-state index is 0.0556. The molecule has 6 heteroatoms. The number of anilines is 1. The number of nitrogens with zero attached hydrogens (tertiary/aromatic N) is 4. The zero-order chi connectivity index (χ0) is 16.9. The van der Waals surface area contributed by atoms with Crippen molar-refractivity contribution in [2.75, 3.05) is 25.0 Å². The molecule has 1 fully saturated rings. The molecule has 1 atom stereocenters. The minimum Gasteiger partial charge on any atom is -0.319 e. The van der Waals surface area contributed by atoms with Crippen LogP contribution in [0.5, 0.6) is 0 Å². The molecule has 0 saturated carbocycles. The maximum absolute atomic E-state index is 12.6. The largest absolute Gasteiger partial charge is 0.323 e. The Morgan fingerprint density at radius 2 is 2.04 bits per heavy atom. The summed E-state index contributed by atoms with van der Waals surface area (Å²) in [6.45, 7) is 5.61. The molecule has 6 nitrogen and oxygen atoms in total. The lowest BCUT2D eigenvalue weighted by molar-refractivity contribution is 0.0939. The second kappa shape index (κ2) is 7.49. The number of aryl methyl sites for hydroxylation is 1. The van der Waals surface area contributed by atoms with E-state index in [0.717, 1.165) is 32.6 Å². The molecule has 0 spiro atoms. The molecule has 1 aromatic heterocycles. The van der Waals surface area contributed by atoms with Gasteiger partial charge >= 0.3 is 6.03 Å². The van der Waals surface area contributed by atoms with Crippen molar-refractivity contribution < 1.29 is 4.79 Å². The highest BCUT2D eigenvalue weighted by atomic mass is 16.2. The van der Waals surface area contributed by atoms with E-state index in [1.54, 1.807) is 4.68 Å². The smallest absolute Gasteiger partial charge is 0.319 e. The van der Waals surface area contributed by atoms with Gasteiger partial charge < -0.3 is 4.90 Å². The number of benzene rings is 1. The Bertz CT molecular complexity index is 669. The number of aromatic nitrogens is 2. The van der Waals surface area contributed by atoms with E-state index < -0.39 is 0 Å². The van der Waals surface area contributed by atoms with Crippen molar-refractivity contribution in [1.82, 2.24) is 19.6 Å². The van der Waals surface area contributed by atoms with Gasteiger partial charge in [-0.15, -0.1) is 0 Å². The summed E-state index contributed by atoms with van der Waals surface area (Å²) in [6, 6.07) is 12.5. The van der Waals surface area contributed by atoms with Gasteiger partial charge in [0.15, 0.2) is 5.82 Å². The second-order valence-electron chi connectivity index (χ2n) is 6.28. The van der Waals surface area contributed by atoms with Crippen LogP contribution in [-0.2, 0) is 13.6 Å². The predicted molar refractivity (Wildman–Crippen MR) is 94.7 cm³/mol. The van der Waals surface area contributed by atoms with Gasteiger partial charge in [0, 0.05) is 51.5 Å². The van der Waals surface area contributed by atoms with Crippen molar-refractivity contribution in [3.63, 3.8) is 0 Å². The standard InChI is InChI=1S/C18H25N5O/c1-3-16-14-22(13-15-7-5-4-6-8-15)11-12-23(16)18(24)19-17-9-10-21(2)20-17/h4-10,16H,3,11-14H2,1-2H3,(H,19,20,24)/t16-/m1/s1. The maximum Gasteiger partial charge on any atom is 0.323 e. The highest BCUT2D eigenvalue weighted by Gasteiger charge is 2.29. The molecule has 2 amide bonds. The van der Waals surface area contributed by atoms with Gasteiger partial charge in [-0.3, -0.25) is 14.9 Å². The Kier molecular flexibility index (Phi) is 5.15. The number of urea groups is 1. The molecule has 0 unspecified atom stereocenters. The first kappa shape index (κ1) is 16.5. The summed E-state index contributed by atoms with van der Waals surface area (Å²) in [4.78, 5) is 16.9. The summed E-state index contributed by atoms with van der Waals surface area (Å²) in [5.74, 6) is 0.601. The van der Waals surface area contributed by atoms with Gasteiger partial charge in [0.25, 0.3) is 0 Å². The van der Waals surface area contributed by atoms with Crippen LogP contribution >= 0.6 is 0 Å². The fraction of sp³-hybridized carbons (Fsp3) is 0.444. The Morgan fingerprint density at radius 1 is 1.25 bits per heavy atom. The van der Waals surface area contributed by atoms with Gasteiger partial charge in [-0.25, -0.2) is 4.79 Å². The molecule has 1 aliphatic heterocycles. The van der Waals surface area contributed by atoms with Crippen molar-refractivity contribution in [1.29, 1.82) is 0 Å². The molecular formula is C18H25N5O. The lowest BCUT2D eigenvalue weighted by Crippen LogP contribution is -2.55. The van der Waals surface area contributed by atoms with Gasteiger partial charge in [0.2, 0.25) is 0 Å². The van der Waals surface area contributed by atoms with E-state index in [2.05, 4.69) is 46.5 Å². The quantitative estimate of drug-likeness (QED) is 0.939. The summed E-state index contributed by atoms with van der Waals surface area (Å²) in [5.41, 5.74) is 1.32. The Morgan fingerprint density at radius 3 is 2.71 bits per heavy atom. The first-order chi connectivity index (χ1) is 11.7. The molecule has 0 radical (unpaired) electrons. The summed E-state index contributed by atoms with van der Waals surface area (Å²) in [6.07, 6.45) is 2.77. The van der Waals surface area contributed by atoms with Crippen molar-refractivity contribution in [3.8, 4) is 0 Å². The molecule has 0 bridgehead atoms. The number of carbonyl (C=O) groups is 1. The molecule has 2 heterocycles. The van der Waals surface area contributed by atoms with Crippen LogP contribution in [0.1, 0.15) is 18.9 Å². The van der Waals surface area contributed by atoms with Crippen molar-refractivity contribution in [2.24, 2.45) is 7.05 Å². The fourth-order valence-electron chi connectivity index (χ4n) is 3.18. The maximum atomic E-state index is 12.6. The summed E-state index contributed by atoms with van der Waals surface area (Å²) >= 11 is 0. The number of hydrogen-bond donors (Lipinski definition) is 1. The minimum atomic E-state index is -0.0556. The van der Waals surface area contributed by atoms with Crippen LogP contribution in [0.25, 0.3) is 0 Å². The number of hydrogen-bond acceptors (Lipinski definition) is 3. The molecule has 1 aliphatic rings. The molecule has 0 aliphatic carbocycles. The molecule has 1 saturated heterocycles. The van der Waals surface area contributed by atoms with Crippen molar-refractivity contribution >= 4 is 11.8 Å². The van der Waals surface area contributed by atoms with Crippen LogP contribution in [0.4, 0.5) is 10.6 Å². The zero-order valence-corrected chi connectivity index (χ0v) is 14.4. The van der Waals surface area contributed by atoms with E-state index in [-0.39, 0.29) is 12.1 Å². The van der Waals surface area contributed by atoms with Crippen LogP contribution < -0.4 is 5.32 Å². The van der Waals surface area contributed by atoms with E-state index in [1.807, 2.05) is 30.3 Å². The number of carbonyl (C=O) groups excluding carboxylic acids is 1. The predicted octanol–water partition coefficient (Wildman–Crippen LogP) is 2.55. The number of piperazine rings is 1. The van der Waals surface area contributed by atoms with Crippen LogP contribution in [0.15, 0.2) is 42.6 Å². The average Bonchev–Trinajstić information content (AvgIpc) is 3.00. The Hall–Kier alpha value is -2.34. The van der Waals surface area contributed by atoms with Gasteiger partial charge in [0.05, 0.1) is 0 Å². The lowest BCUT2D eigenvalue weighted by Gasteiger charge is -2.41. The van der Waals surface area contributed by atoms with Crippen LogP contribution in [0.2, 0.25) is 0 Å². The first-order valence-corrected chi connectivity index (χ1v) is 8.49. The van der Waals surface area contributed by atoms with Crippen molar-refractivity contribution in [3.05, 3.63) is 48.2 Å². The monoisotopic (exact) mass is 327 g/mol. The Labute approximate surface area is 143 Å². The summed E-state index contributed by atoms with van der Waals surface area (Å²) in [5, 5.41) is 7.11. The molecule has 1 aromatic carbocycles. The number of amides is 2. The Balaban J connectivity index is 1.59.